The summed E-state index contributed by atoms with van der Waals surface area (Å²) in [6.45, 7) is 4.14. The molecule has 74 valence electrons. The molecule has 1 aromatic rings. The SMILES string of the molecule is CCCCCc1nnc(C(C)N)s1. The van der Waals surface area contributed by atoms with Crippen LogP contribution in [0.25, 0.3) is 0 Å². The predicted molar refractivity (Wildman–Crippen MR) is 55.7 cm³/mol. The van der Waals surface area contributed by atoms with Crippen LogP contribution in [0, 0.1) is 0 Å². The normalized spacial score (nSPS) is 13.2. The fourth-order valence-corrected chi connectivity index (χ4v) is 1.91. The quantitative estimate of drug-likeness (QED) is 0.740. The van der Waals surface area contributed by atoms with Gasteiger partial charge in [-0.2, -0.15) is 0 Å². The Morgan fingerprint density at radius 1 is 1.38 bits per heavy atom. The van der Waals surface area contributed by atoms with Gasteiger partial charge in [0.2, 0.25) is 0 Å². The Labute approximate surface area is 83.4 Å². The van der Waals surface area contributed by atoms with Crippen molar-refractivity contribution < 1.29 is 0 Å². The lowest BCUT2D eigenvalue weighted by Crippen LogP contribution is -2.03. The van der Waals surface area contributed by atoms with E-state index in [0.717, 1.165) is 16.4 Å². The molecule has 0 aliphatic heterocycles. The number of aryl methyl sites for hydroxylation is 1. The molecule has 1 unspecified atom stereocenters. The van der Waals surface area contributed by atoms with E-state index in [1.165, 1.54) is 19.3 Å². The second-order valence-corrected chi connectivity index (χ2v) is 4.37. The molecule has 2 N–H and O–H groups in total. The van der Waals surface area contributed by atoms with Gasteiger partial charge in [-0.1, -0.05) is 31.1 Å². The molecule has 1 aromatic heterocycles. The fraction of sp³-hybridized carbons (Fsp3) is 0.778. The van der Waals surface area contributed by atoms with Crippen LogP contribution in [0.2, 0.25) is 0 Å². The Kier molecular flexibility index (Phi) is 4.32. The molecule has 0 aliphatic rings. The predicted octanol–water partition coefficient (Wildman–Crippen LogP) is 2.29. The smallest absolute Gasteiger partial charge is 0.133 e. The third-order valence-electron chi connectivity index (χ3n) is 1.87. The number of nitrogens with zero attached hydrogens (tertiary/aromatic N) is 2. The lowest BCUT2D eigenvalue weighted by molar-refractivity contribution is 0.707. The van der Waals surface area contributed by atoms with Gasteiger partial charge in [-0.3, -0.25) is 0 Å². The molecule has 0 bridgehead atoms. The van der Waals surface area contributed by atoms with Crippen molar-refractivity contribution in [2.45, 2.75) is 45.6 Å². The molecule has 13 heavy (non-hydrogen) atoms. The first-order valence-corrected chi connectivity index (χ1v) is 5.63. The van der Waals surface area contributed by atoms with Gasteiger partial charge in [-0.05, 0) is 13.3 Å². The summed E-state index contributed by atoms with van der Waals surface area (Å²) in [6.07, 6.45) is 4.79. The third kappa shape index (κ3) is 3.40. The molecular weight excluding hydrogens is 182 g/mol. The maximum absolute atomic E-state index is 5.69. The molecule has 0 radical (unpaired) electrons. The van der Waals surface area contributed by atoms with Crippen LogP contribution in [-0.4, -0.2) is 10.2 Å². The van der Waals surface area contributed by atoms with E-state index in [0.29, 0.717) is 0 Å². The Balaban J connectivity index is 2.40. The number of aromatic nitrogens is 2. The summed E-state index contributed by atoms with van der Waals surface area (Å²) in [7, 11) is 0. The number of hydrogen-bond acceptors (Lipinski definition) is 4. The van der Waals surface area contributed by atoms with Crippen molar-refractivity contribution in [1.29, 1.82) is 0 Å². The largest absolute Gasteiger partial charge is 0.322 e. The zero-order valence-electron chi connectivity index (χ0n) is 8.29. The average molecular weight is 199 g/mol. The first kappa shape index (κ1) is 10.6. The molecule has 0 saturated carbocycles. The second-order valence-electron chi connectivity index (χ2n) is 3.28. The molecule has 0 fully saturated rings. The maximum Gasteiger partial charge on any atom is 0.133 e. The molecule has 1 heterocycles. The van der Waals surface area contributed by atoms with E-state index < -0.39 is 0 Å². The summed E-state index contributed by atoms with van der Waals surface area (Å²) in [5, 5.41) is 10.2. The highest BCUT2D eigenvalue weighted by Crippen LogP contribution is 2.17. The standard InChI is InChI=1S/C9H17N3S/c1-3-4-5-6-8-11-12-9(13-8)7(2)10/h7H,3-6,10H2,1-2H3. The van der Waals surface area contributed by atoms with Crippen molar-refractivity contribution in [3.05, 3.63) is 10.0 Å². The summed E-state index contributed by atoms with van der Waals surface area (Å²) in [5.74, 6) is 0. The van der Waals surface area contributed by atoms with Gasteiger partial charge in [0, 0.05) is 6.42 Å². The minimum atomic E-state index is 0.0254. The van der Waals surface area contributed by atoms with E-state index in [2.05, 4.69) is 17.1 Å². The van der Waals surface area contributed by atoms with Crippen LogP contribution in [0.15, 0.2) is 0 Å². The maximum atomic E-state index is 5.69. The molecule has 4 heteroatoms. The van der Waals surface area contributed by atoms with Crippen LogP contribution < -0.4 is 5.73 Å². The van der Waals surface area contributed by atoms with Crippen LogP contribution in [0.4, 0.5) is 0 Å². The molecule has 1 atom stereocenters. The number of unbranched alkanes of at least 4 members (excludes halogenated alkanes) is 2. The summed E-state index contributed by atoms with van der Waals surface area (Å²) in [5.41, 5.74) is 5.69. The van der Waals surface area contributed by atoms with Crippen LogP contribution in [0.1, 0.15) is 49.2 Å². The van der Waals surface area contributed by atoms with Crippen molar-refractivity contribution >= 4 is 11.3 Å². The van der Waals surface area contributed by atoms with Crippen LogP contribution in [0.3, 0.4) is 0 Å². The topological polar surface area (TPSA) is 51.8 Å². The molecule has 0 aliphatic carbocycles. The van der Waals surface area contributed by atoms with Gasteiger partial charge < -0.3 is 5.73 Å². The number of rotatable bonds is 5. The van der Waals surface area contributed by atoms with E-state index in [1.807, 2.05) is 6.92 Å². The molecule has 3 nitrogen and oxygen atoms in total. The third-order valence-corrected chi connectivity index (χ3v) is 3.05. The van der Waals surface area contributed by atoms with Crippen molar-refractivity contribution in [2.75, 3.05) is 0 Å². The minimum Gasteiger partial charge on any atom is -0.322 e. The lowest BCUT2D eigenvalue weighted by atomic mass is 10.2. The lowest BCUT2D eigenvalue weighted by Gasteiger charge is -1.95. The van der Waals surface area contributed by atoms with Crippen molar-refractivity contribution in [3.63, 3.8) is 0 Å². The van der Waals surface area contributed by atoms with E-state index in [9.17, 15) is 0 Å². The first-order chi connectivity index (χ1) is 6.24. The summed E-state index contributed by atoms with van der Waals surface area (Å²) in [6, 6.07) is 0.0254. The molecule has 1 rings (SSSR count). The van der Waals surface area contributed by atoms with Crippen molar-refractivity contribution in [1.82, 2.24) is 10.2 Å². The Morgan fingerprint density at radius 2 is 2.15 bits per heavy atom. The van der Waals surface area contributed by atoms with E-state index in [4.69, 9.17) is 5.73 Å². The van der Waals surface area contributed by atoms with E-state index in [-0.39, 0.29) is 6.04 Å². The highest BCUT2D eigenvalue weighted by atomic mass is 32.1. The van der Waals surface area contributed by atoms with Gasteiger partial charge >= 0.3 is 0 Å². The summed E-state index contributed by atoms with van der Waals surface area (Å²) >= 11 is 1.64. The highest BCUT2D eigenvalue weighted by molar-refractivity contribution is 7.11. The fourth-order valence-electron chi connectivity index (χ4n) is 1.08. The van der Waals surface area contributed by atoms with Gasteiger partial charge in [0.25, 0.3) is 0 Å². The van der Waals surface area contributed by atoms with Gasteiger partial charge in [-0.15, -0.1) is 10.2 Å². The zero-order valence-corrected chi connectivity index (χ0v) is 9.10. The number of nitrogens with two attached hydrogens (primary N) is 1. The first-order valence-electron chi connectivity index (χ1n) is 4.82. The highest BCUT2D eigenvalue weighted by Gasteiger charge is 2.06. The van der Waals surface area contributed by atoms with Gasteiger partial charge in [0.15, 0.2) is 0 Å². The summed E-state index contributed by atoms with van der Waals surface area (Å²) in [4.78, 5) is 0. The van der Waals surface area contributed by atoms with E-state index >= 15 is 0 Å². The molecule has 0 amide bonds. The molecule has 0 spiro atoms. The minimum absolute atomic E-state index is 0.0254. The zero-order chi connectivity index (χ0) is 9.68. The van der Waals surface area contributed by atoms with Crippen molar-refractivity contribution in [3.8, 4) is 0 Å². The monoisotopic (exact) mass is 199 g/mol. The van der Waals surface area contributed by atoms with Crippen LogP contribution in [-0.2, 0) is 6.42 Å². The Morgan fingerprint density at radius 3 is 2.69 bits per heavy atom. The van der Waals surface area contributed by atoms with E-state index in [1.54, 1.807) is 11.3 Å². The molecule has 0 aromatic carbocycles. The van der Waals surface area contributed by atoms with Crippen molar-refractivity contribution in [2.24, 2.45) is 5.73 Å². The Hall–Kier alpha value is -0.480. The average Bonchev–Trinajstić information content (AvgIpc) is 2.53. The molecule has 0 saturated heterocycles. The van der Waals surface area contributed by atoms with Gasteiger partial charge in [-0.25, -0.2) is 0 Å². The van der Waals surface area contributed by atoms with Gasteiger partial charge in [0.1, 0.15) is 10.0 Å². The summed E-state index contributed by atoms with van der Waals surface area (Å²) < 4.78 is 0. The second kappa shape index (κ2) is 5.29. The van der Waals surface area contributed by atoms with Gasteiger partial charge in [0.05, 0.1) is 6.04 Å². The van der Waals surface area contributed by atoms with Crippen LogP contribution >= 0.6 is 11.3 Å². The Bertz CT molecular complexity index is 245. The molecular formula is C9H17N3S. The van der Waals surface area contributed by atoms with Crippen LogP contribution in [0.5, 0.6) is 0 Å². The number of hydrogen-bond donors (Lipinski definition) is 1.